The second kappa shape index (κ2) is 11.2. The van der Waals surface area contributed by atoms with Crippen molar-refractivity contribution in [2.24, 2.45) is 12.0 Å². The molecule has 2 rings (SSSR count). The van der Waals surface area contributed by atoms with Crippen LogP contribution in [0.2, 0.25) is 5.02 Å². The van der Waals surface area contributed by atoms with Crippen LogP contribution in [0.4, 0.5) is 0 Å². The normalized spacial score (nSPS) is 11.9. The van der Waals surface area contributed by atoms with Crippen molar-refractivity contribution in [2.75, 3.05) is 27.2 Å². The Balaban J connectivity index is 0.00000420. The van der Waals surface area contributed by atoms with Crippen molar-refractivity contribution < 1.29 is 8.42 Å². The maximum Gasteiger partial charge on any atom is 0.240 e. The summed E-state index contributed by atoms with van der Waals surface area (Å²) in [6.07, 6.45) is 1.85. The van der Waals surface area contributed by atoms with Crippen LogP contribution < -0.4 is 10.0 Å². The van der Waals surface area contributed by atoms with Gasteiger partial charge in [0.25, 0.3) is 0 Å². The number of guanidine groups is 1. The molecule has 10 heteroatoms. The molecule has 2 N–H and O–H groups in total. The van der Waals surface area contributed by atoms with E-state index in [0.717, 1.165) is 16.8 Å². The standard InChI is InChI=1S/C19H28ClN5O2S.HI/c1-14-6-7-15(2)18(10-14)28(26,27)23-9-8-22-19(21-3)25(5)13-17-11-16(20)12-24(17)4;/h6-7,10-12,23H,8-9,13H2,1-5H3,(H,21,22);1H. The predicted molar refractivity (Wildman–Crippen MR) is 130 cm³/mol. The van der Waals surface area contributed by atoms with Crippen molar-refractivity contribution >= 4 is 51.6 Å². The number of aryl methyl sites for hydroxylation is 3. The first-order valence-corrected chi connectivity index (χ1v) is 10.8. The molecule has 0 aliphatic carbocycles. The van der Waals surface area contributed by atoms with Crippen LogP contribution in [-0.4, -0.2) is 51.0 Å². The number of rotatable bonds is 7. The Bertz CT molecular complexity index is 960. The van der Waals surface area contributed by atoms with Gasteiger partial charge in [0.05, 0.1) is 16.5 Å². The van der Waals surface area contributed by atoms with Gasteiger partial charge in [-0.2, -0.15) is 0 Å². The molecule has 1 aromatic carbocycles. The van der Waals surface area contributed by atoms with Gasteiger partial charge in [0.2, 0.25) is 10.0 Å². The predicted octanol–water partition coefficient (Wildman–Crippen LogP) is 2.90. The third-order valence-corrected chi connectivity index (χ3v) is 6.19. The van der Waals surface area contributed by atoms with E-state index in [4.69, 9.17) is 11.6 Å². The quantitative estimate of drug-likeness (QED) is 0.239. The first kappa shape index (κ1) is 25.7. The van der Waals surface area contributed by atoms with Crippen molar-refractivity contribution in [1.29, 1.82) is 0 Å². The molecule has 0 aliphatic heterocycles. The summed E-state index contributed by atoms with van der Waals surface area (Å²) in [4.78, 5) is 6.51. The van der Waals surface area contributed by atoms with Crippen LogP contribution in [0.1, 0.15) is 16.8 Å². The summed E-state index contributed by atoms with van der Waals surface area (Å²) in [6.45, 7) is 4.95. The Morgan fingerprint density at radius 1 is 1.24 bits per heavy atom. The molecule has 0 unspecified atom stereocenters. The summed E-state index contributed by atoms with van der Waals surface area (Å²) in [5.74, 6) is 0.670. The number of aliphatic imine (C=N–C) groups is 1. The van der Waals surface area contributed by atoms with Crippen molar-refractivity contribution in [3.05, 3.63) is 52.3 Å². The van der Waals surface area contributed by atoms with E-state index in [0.29, 0.717) is 29.0 Å². The number of sulfonamides is 1. The molecule has 0 atom stereocenters. The van der Waals surface area contributed by atoms with Crippen LogP contribution in [0.25, 0.3) is 0 Å². The second-order valence-electron chi connectivity index (χ2n) is 6.76. The number of hydrogen-bond donors (Lipinski definition) is 2. The first-order valence-electron chi connectivity index (χ1n) is 8.93. The van der Waals surface area contributed by atoms with E-state index >= 15 is 0 Å². The Hall–Kier alpha value is -1.30. The number of halogens is 2. The molecule has 0 amide bonds. The van der Waals surface area contributed by atoms with Gasteiger partial charge in [0.15, 0.2) is 5.96 Å². The van der Waals surface area contributed by atoms with E-state index in [1.165, 1.54) is 0 Å². The third kappa shape index (κ3) is 7.16. The molecule has 1 aromatic heterocycles. The third-order valence-electron chi connectivity index (χ3n) is 4.38. The minimum absolute atomic E-state index is 0. The number of nitrogens with zero attached hydrogens (tertiary/aromatic N) is 3. The number of hydrogen-bond acceptors (Lipinski definition) is 3. The highest BCUT2D eigenvalue weighted by Crippen LogP contribution is 2.16. The Kier molecular flexibility index (Phi) is 9.93. The minimum Gasteiger partial charge on any atom is -0.355 e. The highest BCUT2D eigenvalue weighted by Gasteiger charge is 2.16. The average molecular weight is 554 g/mol. The van der Waals surface area contributed by atoms with E-state index in [-0.39, 0.29) is 30.5 Å². The lowest BCUT2D eigenvalue weighted by atomic mass is 10.2. The fraction of sp³-hybridized carbons (Fsp3) is 0.421. The van der Waals surface area contributed by atoms with Gasteiger partial charge in [-0.05, 0) is 37.1 Å². The average Bonchev–Trinajstić information content (AvgIpc) is 2.93. The Morgan fingerprint density at radius 3 is 2.52 bits per heavy atom. The van der Waals surface area contributed by atoms with Crippen molar-refractivity contribution in [3.63, 3.8) is 0 Å². The summed E-state index contributed by atoms with van der Waals surface area (Å²) in [6, 6.07) is 7.30. The molecule has 0 spiro atoms. The van der Waals surface area contributed by atoms with Gasteiger partial charge in [-0.15, -0.1) is 24.0 Å². The topological polar surface area (TPSA) is 78.7 Å². The zero-order valence-corrected chi connectivity index (χ0v) is 21.3. The largest absolute Gasteiger partial charge is 0.355 e. The summed E-state index contributed by atoms with van der Waals surface area (Å²) in [5, 5.41) is 3.86. The fourth-order valence-corrected chi connectivity index (χ4v) is 4.49. The van der Waals surface area contributed by atoms with Gasteiger partial charge >= 0.3 is 0 Å². The van der Waals surface area contributed by atoms with E-state index < -0.39 is 10.0 Å². The number of aromatic nitrogens is 1. The maximum atomic E-state index is 12.5. The highest BCUT2D eigenvalue weighted by molar-refractivity contribution is 14.0. The van der Waals surface area contributed by atoms with Gasteiger partial charge in [-0.1, -0.05) is 23.7 Å². The molecule has 0 saturated carbocycles. The van der Waals surface area contributed by atoms with Crippen molar-refractivity contribution in [3.8, 4) is 0 Å². The van der Waals surface area contributed by atoms with Gasteiger partial charge in [-0.25, -0.2) is 13.1 Å². The molecule has 162 valence electrons. The lowest BCUT2D eigenvalue weighted by Gasteiger charge is -2.22. The first-order chi connectivity index (χ1) is 13.1. The van der Waals surface area contributed by atoms with Crippen LogP contribution in [0.5, 0.6) is 0 Å². The molecule has 7 nitrogen and oxygen atoms in total. The molecule has 0 radical (unpaired) electrons. The smallest absolute Gasteiger partial charge is 0.240 e. The molecule has 0 saturated heterocycles. The summed E-state index contributed by atoms with van der Waals surface area (Å²) < 4.78 is 29.7. The van der Waals surface area contributed by atoms with E-state index in [1.54, 1.807) is 20.0 Å². The van der Waals surface area contributed by atoms with E-state index in [2.05, 4.69) is 15.0 Å². The van der Waals surface area contributed by atoms with Crippen LogP contribution in [0.3, 0.4) is 0 Å². The van der Waals surface area contributed by atoms with Gasteiger partial charge < -0.3 is 14.8 Å². The van der Waals surface area contributed by atoms with Crippen LogP contribution in [0.15, 0.2) is 40.4 Å². The molecular weight excluding hydrogens is 525 g/mol. The summed E-state index contributed by atoms with van der Waals surface area (Å²) >= 11 is 6.03. The van der Waals surface area contributed by atoms with Crippen LogP contribution in [0, 0.1) is 13.8 Å². The van der Waals surface area contributed by atoms with Crippen molar-refractivity contribution in [2.45, 2.75) is 25.3 Å². The van der Waals surface area contributed by atoms with Crippen LogP contribution >= 0.6 is 35.6 Å². The van der Waals surface area contributed by atoms with Gasteiger partial charge in [0, 0.05) is 46.1 Å². The summed E-state index contributed by atoms with van der Waals surface area (Å²) in [7, 11) is 1.99. The summed E-state index contributed by atoms with van der Waals surface area (Å²) in [5.41, 5.74) is 2.68. The zero-order valence-electron chi connectivity index (χ0n) is 17.4. The molecule has 2 aromatic rings. The van der Waals surface area contributed by atoms with Crippen molar-refractivity contribution in [1.82, 2.24) is 19.5 Å². The van der Waals surface area contributed by atoms with Crippen LogP contribution in [-0.2, 0) is 23.6 Å². The number of benzene rings is 1. The van der Waals surface area contributed by atoms with E-state index in [9.17, 15) is 8.42 Å². The molecular formula is C19H29ClIN5O2S. The molecule has 0 aliphatic rings. The zero-order chi connectivity index (χ0) is 20.9. The minimum atomic E-state index is -3.55. The number of nitrogens with one attached hydrogen (secondary N) is 2. The monoisotopic (exact) mass is 553 g/mol. The SMILES string of the molecule is CN=C(NCCNS(=O)(=O)c1cc(C)ccc1C)N(C)Cc1cc(Cl)cn1C.I. The van der Waals surface area contributed by atoms with Gasteiger partial charge in [-0.3, -0.25) is 4.99 Å². The molecule has 0 bridgehead atoms. The highest BCUT2D eigenvalue weighted by atomic mass is 127. The lowest BCUT2D eigenvalue weighted by Crippen LogP contribution is -2.42. The fourth-order valence-electron chi connectivity index (χ4n) is 2.86. The second-order valence-corrected chi connectivity index (χ2v) is 8.93. The Labute approximate surface area is 195 Å². The molecule has 1 heterocycles. The van der Waals surface area contributed by atoms with Gasteiger partial charge in [0.1, 0.15) is 0 Å². The Morgan fingerprint density at radius 2 is 1.93 bits per heavy atom. The molecule has 29 heavy (non-hydrogen) atoms. The van der Waals surface area contributed by atoms with E-state index in [1.807, 2.05) is 54.9 Å². The lowest BCUT2D eigenvalue weighted by molar-refractivity contribution is 0.462. The maximum absolute atomic E-state index is 12.5. The molecule has 0 fully saturated rings.